The van der Waals surface area contributed by atoms with Crippen molar-refractivity contribution in [2.45, 2.75) is 0 Å². The maximum atomic E-state index is 5.95. The van der Waals surface area contributed by atoms with E-state index in [9.17, 15) is 0 Å². The van der Waals surface area contributed by atoms with Gasteiger partial charge in [0.25, 0.3) is 0 Å². The molecule has 0 fully saturated rings. The molecule has 2 aromatic heterocycles. The van der Waals surface area contributed by atoms with E-state index < -0.39 is 0 Å². The van der Waals surface area contributed by atoms with Crippen LogP contribution >= 0.6 is 0 Å². The Morgan fingerprint density at radius 1 is 1.14 bits per heavy atom. The zero-order chi connectivity index (χ0) is 14.2. The van der Waals surface area contributed by atoms with Crippen LogP contribution in [0.5, 0.6) is 11.5 Å². The van der Waals surface area contributed by atoms with Gasteiger partial charge in [-0.1, -0.05) is 0 Å². The highest BCUT2D eigenvalue weighted by Gasteiger charge is 2.16. The SMILES string of the molecule is Nc1ncccc1-c1cncn1-c1ccc2c(c1)OCO2. The van der Waals surface area contributed by atoms with Crippen LogP contribution in [0.15, 0.2) is 49.1 Å². The molecular formula is C15H12N4O2. The van der Waals surface area contributed by atoms with Crippen molar-refractivity contribution in [3.05, 3.63) is 49.1 Å². The molecule has 0 aliphatic carbocycles. The predicted octanol–water partition coefficient (Wildman–Crippen LogP) is 2.25. The number of ether oxygens (including phenoxy) is 2. The van der Waals surface area contributed by atoms with Crippen LogP contribution in [0.3, 0.4) is 0 Å². The summed E-state index contributed by atoms with van der Waals surface area (Å²) in [6, 6.07) is 9.52. The Bertz CT molecular complexity index is 813. The molecule has 2 N–H and O–H groups in total. The quantitative estimate of drug-likeness (QED) is 0.779. The molecule has 0 unspecified atom stereocenters. The van der Waals surface area contributed by atoms with Gasteiger partial charge in [0.15, 0.2) is 11.5 Å². The average molecular weight is 280 g/mol. The molecule has 6 heteroatoms. The van der Waals surface area contributed by atoms with Crippen LogP contribution in [-0.2, 0) is 0 Å². The Hall–Kier alpha value is -3.02. The van der Waals surface area contributed by atoms with E-state index in [1.165, 1.54) is 0 Å². The minimum atomic E-state index is 0.255. The van der Waals surface area contributed by atoms with E-state index in [1.54, 1.807) is 18.7 Å². The lowest BCUT2D eigenvalue weighted by Gasteiger charge is -2.10. The smallest absolute Gasteiger partial charge is 0.231 e. The van der Waals surface area contributed by atoms with Crippen LogP contribution in [0.2, 0.25) is 0 Å². The lowest BCUT2D eigenvalue weighted by atomic mass is 10.2. The third kappa shape index (κ3) is 1.88. The van der Waals surface area contributed by atoms with E-state index in [-0.39, 0.29) is 6.79 Å². The van der Waals surface area contributed by atoms with Crippen LogP contribution in [0.4, 0.5) is 5.82 Å². The number of hydrogen-bond acceptors (Lipinski definition) is 5. The first-order valence-corrected chi connectivity index (χ1v) is 6.46. The second-order valence-electron chi connectivity index (χ2n) is 4.62. The van der Waals surface area contributed by atoms with Gasteiger partial charge in [0.05, 0.1) is 23.9 Å². The average Bonchev–Trinajstić information content (AvgIpc) is 3.15. The van der Waals surface area contributed by atoms with Crippen molar-refractivity contribution in [2.75, 3.05) is 12.5 Å². The molecule has 3 aromatic rings. The number of anilines is 1. The summed E-state index contributed by atoms with van der Waals surface area (Å²) in [4.78, 5) is 8.34. The number of nitrogen functional groups attached to an aromatic ring is 1. The van der Waals surface area contributed by atoms with Gasteiger partial charge < -0.3 is 15.2 Å². The number of benzene rings is 1. The van der Waals surface area contributed by atoms with E-state index in [0.717, 1.165) is 28.4 Å². The number of fused-ring (bicyclic) bond motifs is 1. The first-order valence-electron chi connectivity index (χ1n) is 6.46. The second kappa shape index (κ2) is 4.52. The second-order valence-corrected chi connectivity index (χ2v) is 4.62. The first kappa shape index (κ1) is 11.8. The van der Waals surface area contributed by atoms with Crippen molar-refractivity contribution >= 4 is 5.82 Å². The molecule has 4 rings (SSSR count). The third-order valence-corrected chi connectivity index (χ3v) is 3.39. The molecule has 0 amide bonds. The first-order chi connectivity index (χ1) is 10.3. The molecule has 1 aliphatic heterocycles. The van der Waals surface area contributed by atoms with Crippen LogP contribution in [0, 0.1) is 0 Å². The highest BCUT2D eigenvalue weighted by molar-refractivity contribution is 5.72. The Kier molecular flexibility index (Phi) is 2.53. The van der Waals surface area contributed by atoms with Gasteiger partial charge in [-0.2, -0.15) is 0 Å². The summed E-state index contributed by atoms with van der Waals surface area (Å²) >= 11 is 0. The Balaban J connectivity index is 1.84. The molecular weight excluding hydrogens is 268 g/mol. The van der Waals surface area contributed by atoms with Crippen molar-refractivity contribution in [1.29, 1.82) is 0 Å². The van der Waals surface area contributed by atoms with Crippen molar-refractivity contribution in [3.8, 4) is 28.4 Å². The fourth-order valence-corrected chi connectivity index (χ4v) is 2.37. The summed E-state index contributed by atoms with van der Waals surface area (Å²) in [6.07, 6.45) is 5.16. The van der Waals surface area contributed by atoms with Crippen LogP contribution in [0.25, 0.3) is 16.9 Å². The minimum Gasteiger partial charge on any atom is -0.454 e. The van der Waals surface area contributed by atoms with Gasteiger partial charge in [-0.15, -0.1) is 0 Å². The number of imidazole rings is 1. The van der Waals surface area contributed by atoms with E-state index in [2.05, 4.69) is 9.97 Å². The van der Waals surface area contributed by atoms with Crippen LogP contribution in [-0.4, -0.2) is 21.3 Å². The number of rotatable bonds is 2. The fourth-order valence-electron chi connectivity index (χ4n) is 2.37. The highest BCUT2D eigenvalue weighted by atomic mass is 16.7. The summed E-state index contributed by atoms with van der Waals surface area (Å²) in [5.74, 6) is 1.95. The fraction of sp³-hybridized carbons (Fsp3) is 0.0667. The van der Waals surface area contributed by atoms with E-state index in [0.29, 0.717) is 5.82 Å². The molecule has 0 atom stereocenters. The molecule has 0 saturated heterocycles. The number of pyridine rings is 1. The maximum Gasteiger partial charge on any atom is 0.231 e. The summed E-state index contributed by atoms with van der Waals surface area (Å²) in [6.45, 7) is 0.255. The standard InChI is InChI=1S/C15H12N4O2/c16-15-11(2-1-5-18-15)12-7-17-8-19(12)10-3-4-13-14(6-10)21-9-20-13/h1-8H,9H2,(H2,16,18). The third-order valence-electron chi connectivity index (χ3n) is 3.39. The summed E-state index contributed by atoms with van der Waals surface area (Å²) in [5, 5.41) is 0. The molecule has 21 heavy (non-hydrogen) atoms. The van der Waals surface area contributed by atoms with Crippen molar-refractivity contribution in [3.63, 3.8) is 0 Å². The predicted molar refractivity (Wildman–Crippen MR) is 77.3 cm³/mol. The number of nitrogens with zero attached hydrogens (tertiary/aromatic N) is 3. The summed E-state index contributed by atoms with van der Waals surface area (Å²) < 4.78 is 12.7. The molecule has 1 aliphatic rings. The highest BCUT2D eigenvalue weighted by Crippen LogP contribution is 2.35. The largest absolute Gasteiger partial charge is 0.454 e. The Labute approximate surface area is 120 Å². The van der Waals surface area contributed by atoms with Gasteiger partial charge in [0.1, 0.15) is 5.82 Å². The molecule has 0 radical (unpaired) electrons. The monoisotopic (exact) mass is 280 g/mol. The van der Waals surface area contributed by atoms with Crippen molar-refractivity contribution in [1.82, 2.24) is 14.5 Å². The van der Waals surface area contributed by atoms with Gasteiger partial charge in [-0.3, -0.25) is 4.57 Å². The zero-order valence-corrected chi connectivity index (χ0v) is 11.1. The lowest BCUT2D eigenvalue weighted by molar-refractivity contribution is 0.174. The molecule has 3 heterocycles. The summed E-state index contributed by atoms with van der Waals surface area (Å²) in [5.41, 5.74) is 8.59. The number of hydrogen-bond donors (Lipinski definition) is 1. The van der Waals surface area contributed by atoms with Gasteiger partial charge in [0, 0.05) is 17.8 Å². The minimum absolute atomic E-state index is 0.255. The molecule has 0 saturated carbocycles. The Morgan fingerprint density at radius 3 is 2.95 bits per heavy atom. The van der Waals surface area contributed by atoms with E-state index >= 15 is 0 Å². The van der Waals surface area contributed by atoms with Crippen molar-refractivity contribution < 1.29 is 9.47 Å². The summed E-state index contributed by atoms with van der Waals surface area (Å²) in [7, 11) is 0. The number of aromatic nitrogens is 3. The van der Waals surface area contributed by atoms with Gasteiger partial charge in [-0.05, 0) is 24.3 Å². The van der Waals surface area contributed by atoms with Crippen molar-refractivity contribution in [2.24, 2.45) is 0 Å². The molecule has 104 valence electrons. The van der Waals surface area contributed by atoms with Gasteiger partial charge in [0.2, 0.25) is 6.79 Å². The Morgan fingerprint density at radius 2 is 2.05 bits per heavy atom. The topological polar surface area (TPSA) is 75.2 Å². The van der Waals surface area contributed by atoms with Gasteiger partial charge >= 0.3 is 0 Å². The van der Waals surface area contributed by atoms with E-state index in [4.69, 9.17) is 15.2 Å². The maximum absolute atomic E-state index is 5.95. The van der Waals surface area contributed by atoms with Crippen LogP contribution < -0.4 is 15.2 Å². The normalized spacial score (nSPS) is 12.6. The zero-order valence-electron chi connectivity index (χ0n) is 11.1. The number of nitrogens with two attached hydrogens (primary N) is 1. The molecule has 0 spiro atoms. The van der Waals surface area contributed by atoms with E-state index in [1.807, 2.05) is 34.9 Å². The molecule has 6 nitrogen and oxygen atoms in total. The lowest BCUT2D eigenvalue weighted by Crippen LogP contribution is -1.99. The molecule has 0 bridgehead atoms. The van der Waals surface area contributed by atoms with Gasteiger partial charge in [-0.25, -0.2) is 9.97 Å². The van der Waals surface area contributed by atoms with Crippen LogP contribution in [0.1, 0.15) is 0 Å². The molecule has 1 aromatic carbocycles.